The highest BCUT2D eigenvalue weighted by atomic mass is 16.5. The third-order valence-electron chi connectivity index (χ3n) is 5.10. The van der Waals surface area contributed by atoms with Crippen molar-refractivity contribution in [2.45, 2.75) is 39.2 Å². The number of nitrogens with zero attached hydrogens (tertiary/aromatic N) is 5. The summed E-state index contributed by atoms with van der Waals surface area (Å²) in [5, 5.41) is 4.63. The Morgan fingerprint density at radius 3 is 2.68 bits per heavy atom. The molecule has 28 heavy (non-hydrogen) atoms. The van der Waals surface area contributed by atoms with Crippen LogP contribution in [0, 0.1) is 5.92 Å². The molecule has 7 nitrogen and oxygen atoms in total. The second kappa shape index (κ2) is 8.48. The number of hydrogen-bond donors (Lipinski definition) is 0. The Hall–Kier alpha value is -2.80. The number of ether oxygens (including phenoxy) is 1. The first-order valence-corrected chi connectivity index (χ1v) is 9.88. The number of aromatic nitrogens is 5. The lowest BCUT2D eigenvalue weighted by Gasteiger charge is -2.21. The standard InChI is InChI=1S/C21H25N5O2/c1-2-8-25-15-18(3-4-21(25)27)26-9-5-19(24-26)17-13-22-20(23-14-17)12-16-6-10-28-11-7-16/h3-5,9,13-16H,2,6-8,10-12H2,1H3. The van der Waals surface area contributed by atoms with Gasteiger partial charge in [-0.3, -0.25) is 4.79 Å². The number of rotatable bonds is 6. The van der Waals surface area contributed by atoms with E-state index < -0.39 is 0 Å². The van der Waals surface area contributed by atoms with E-state index in [1.54, 1.807) is 21.4 Å². The summed E-state index contributed by atoms with van der Waals surface area (Å²) in [4.78, 5) is 21.0. The molecule has 1 saturated heterocycles. The van der Waals surface area contributed by atoms with Gasteiger partial charge in [-0.05, 0) is 37.3 Å². The first-order chi connectivity index (χ1) is 13.7. The normalized spacial score (nSPS) is 15.0. The van der Waals surface area contributed by atoms with Crippen molar-refractivity contribution in [1.29, 1.82) is 0 Å². The van der Waals surface area contributed by atoms with Crippen molar-refractivity contribution in [2.75, 3.05) is 13.2 Å². The van der Waals surface area contributed by atoms with Gasteiger partial charge in [0.15, 0.2) is 0 Å². The smallest absolute Gasteiger partial charge is 0.250 e. The molecule has 3 aromatic rings. The molecule has 0 bridgehead atoms. The van der Waals surface area contributed by atoms with E-state index in [-0.39, 0.29) is 5.56 Å². The van der Waals surface area contributed by atoms with E-state index in [2.05, 4.69) is 22.0 Å². The van der Waals surface area contributed by atoms with Crippen molar-refractivity contribution in [2.24, 2.45) is 5.92 Å². The molecule has 0 saturated carbocycles. The van der Waals surface area contributed by atoms with Gasteiger partial charge >= 0.3 is 0 Å². The predicted molar refractivity (Wildman–Crippen MR) is 106 cm³/mol. The first kappa shape index (κ1) is 18.6. The van der Waals surface area contributed by atoms with Gasteiger partial charge in [-0.1, -0.05) is 6.92 Å². The van der Waals surface area contributed by atoms with Crippen molar-refractivity contribution in [3.8, 4) is 16.9 Å². The maximum atomic E-state index is 11.9. The number of pyridine rings is 1. The van der Waals surface area contributed by atoms with E-state index in [9.17, 15) is 4.79 Å². The molecule has 4 rings (SSSR count). The fourth-order valence-corrected chi connectivity index (χ4v) is 3.49. The van der Waals surface area contributed by atoms with Gasteiger partial charge in [0.05, 0.1) is 11.4 Å². The first-order valence-electron chi connectivity index (χ1n) is 9.88. The van der Waals surface area contributed by atoms with Crippen molar-refractivity contribution >= 4 is 0 Å². The van der Waals surface area contributed by atoms with Gasteiger partial charge in [0.1, 0.15) is 5.82 Å². The molecule has 0 spiro atoms. The third-order valence-corrected chi connectivity index (χ3v) is 5.10. The van der Waals surface area contributed by atoms with Crippen LogP contribution in [0.5, 0.6) is 0 Å². The second-order valence-corrected chi connectivity index (χ2v) is 7.21. The van der Waals surface area contributed by atoms with E-state index in [4.69, 9.17) is 4.74 Å². The van der Waals surface area contributed by atoms with Crippen LogP contribution in [0.2, 0.25) is 0 Å². The van der Waals surface area contributed by atoms with E-state index in [1.165, 1.54) is 0 Å². The van der Waals surface area contributed by atoms with Crippen molar-refractivity contribution < 1.29 is 4.74 Å². The van der Waals surface area contributed by atoms with Crippen LogP contribution in [-0.2, 0) is 17.7 Å². The van der Waals surface area contributed by atoms with Crippen LogP contribution in [0.3, 0.4) is 0 Å². The summed E-state index contributed by atoms with van der Waals surface area (Å²) in [6.45, 7) is 4.43. The molecular formula is C21H25N5O2. The minimum atomic E-state index is 0.00602. The highest BCUT2D eigenvalue weighted by molar-refractivity contribution is 5.56. The summed E-state index contributed by atoms with van der Waals surface area (Å²) in [6, 6.07) is 5.31. The monoisotopic (exact) mass is 379 g/mol. The topological polar surface area (TPSA) is 74.8 Å². The van der Waals surface area contributed by atoms with Crippen molar-refractivity contribution in [3.63, 3.8) is 0 Å². The molecule has 0 radical (unpaired) electrons. The van der Waals surface area contributed by atoms with Crippen LogP contribution < -0.4 is 5.56 Å². The van der Waals surface area contributed by atoms with Gasteiger partial charge < -0.3 is 9.30 Å². The average molecular weight is 379 g/mol. The zero-order valence-electron chi connectivity index (χ0n) is 16.1. The van der Waals surface area contributed by atoms with Gasteiger partial charge in [0.2, 0.25) is 0 Å². The summed E-state index contributed by atoms with van der Waals surface area (Å²) in [5.74, 6) is 1.49. The summed E-state index contributed by atoms with van der Waals surface area (Å²) in [5.41, 5.74) is 2.56. The number of hydrogen-bond acceptors (Lipinski definition) is 5. The van der Waals surface area contributed by atoms with Crippen molar-refractivity contribution in [3.05, 3.63) is 59.2 Å². The molecular weight excluding hydrogens is 354 g/mol. The molecule has 3 aromatic heterocycles. The lowest BCUT2D eigenvalue weighted by atomic mass is 9.96. The molecule has 1 fully saturated rings. The minimum Gasteiger partial charge on any atom is -0.381 e. The lowest BCUT2D eigenvalue weighted by Crippen LogP contribution is -2.19. The van der Waals surface area contributed by atoms with Gasteiger partial charge in [0.25, 0.3) is 5.56 Å². The molecule has 0 aliphatic carbocycles. The SMILES string of the molecule is CCCn1cc(-n2ccc(-c3cnc(CC4CCOCC4)nc3)n2)ccc1=O. The molecule has 0 aromatic carbocycles. The fourth-order valence-electron chi connectivity index (χ4n) is 3.49. The van der Waals surface area contributed by atoms with Gasteiger partial charge in [-0.15, -0.1) is 0 Å². The van der Waals surface area contributed by atoms with E-state index in [0.29, 0.717) is 12.5 Å². The Morgan fingerprint density at radius 2 is 1.93 bits per heavy atom. The summed E-state index contributed by atoms with van der Waals surface area (Å²) >= 11 is 0. The molecule has 1 aliphatic rings. The van der Waals surface area contributed by atoms with Crippen LogP contribution >= 0.6 is 0 Å². The largest absolute Gasteiger partial charge is 0.381 e. The zero-order chi connectivity index (χ0) is 19.3. The molecule has 7 heteroatoms. The molecule has 0 atom stereocenters. The molecule has 1 aliphatic heterocycles. The van der Waals surface area contributed by atoms with E-state index in [1.807, 2.05) is 30.9 Å². The molecule has 4 heterocycles. The molecule has 0 unspecified atom stereocenters. The van der Waals surface area contributed by atoms with Crippen LogP contribution in [0.4, 0.5) is 0 Å². The lowest BCUT2D eigenvalue weighted by molar-refractivity contribution is 0.0660. The minimum absolute atomic E-state index is 0.00602. The van der Waals surface area contributed by atoms with Crippen LogP contribution in [0.1, 0.15) is 32.0 Å². The van der Waals surface area contributed by atoms with Crippen LogP contribution in [0.15, 0.2) is 47.8 Å². The van der Waals surface area contributed by atoms with Crippen molar-refractivity contribution in [1.82, 2.24) is 24.3 Å². The number of aryl methyl sites for hydroxylation is 1. The van der Waals surface area contributed by atoms with Crippen LogP contribution in [-0.4, -0.2) is 37.5 Å². The van der Waals surface area contributed by atoms with Gasteiger partial charge in [-0.2, -0.15) is 5.10 Å². The second-order valence-electron chi connectivity index (χ2n) is 7.21. The Balaban J connectivity index is 1.49. The Morgan fingerprint density at radius 1 is 1.14 bits per heavy atom. The highest BCUT2D eigenvalue weighted by Gasteiger charge is 2.16. The van der Waals surface area contributed by atoms with E-state index in [0.717, 1.165) is 61.7 Å². The Bertz CT molecular complexity index is 971. The van der Waals surface area contributed by atoms with Gasteiger partial charge in [-0.25, -0.2) is 14.6 Å². The summed E-state index contributed by atoms with van der Waals surface area (Å²) in [7, 11) is 0. The quantitative estimate of drug-likeness (QED) is 0.658. The summed E-state index contributed by atoms with van der Waals surface area (Å²) < 4.78 is 8.90. The molecule has 0 N–H and O–H groups in total. The Labute approximate surface area is 164 Å². The third kappa shape index (κ3) is 4.20. The maximum absolute atomic E-state index is 11.9. The zero-order valence-corrected chi connectivity index (χ0v) is 16.1. The van der Waals surface area contributed by atoms with E-state index >= 15 is 0 Å². The predicted octanol–water partition coefficient (Wildman–Crippen LogP) is 2.87. The molecule has 146 valence electrons. The maximum Gasteiger partial charge on any atom is 0.250 e. The fraction of sp³-hybridized carbons (Fsp3) is 0.429. The summed E-state index contributed by atoms with van der Waals surface area (Å²) in [6.07, 6.45) is 11.4. The Kier molecular flexibility index (Phi) is 5.62. The highest BCUT2D eigenvalue weighted by Crippen LogP contribution is 2.20. The molecule has 0 amide bonds. The van der Waals surface area contributed by atoms with Gasteiger partial charge in [0, 0.05) is 62.6 Å². The average Bonchev–Trinajstić information content (AvgIpc) is 3.21. The van der Waals surface area contributed by atoms with Crippen LogP contribution in [0.25, 0.3) is 16.9 Å².